The van der Waals surface area contributed by atoms with Crippen LogP contribution in [0.25, 0.3) is 6.08 Å². The third-order valence-corrected chi connectivity index (χ3v) is 4.83. The number of benzene rings is 2. The van der Waals surface area contributed by atoms with Crippen molar-refractivity contribution < 1.29 is 19.1 Å². The number of carbonyl (C=O) groups excluding carboxylic acids is 3. The largest absolute Gasteiger partial charge is 0.497 e. The van der Waals surface area contributed by atoms with Crippen LogP contribution < -0.4 is 26.2 Å². The Kier molecular flexibility index (Phi) is 9.65. The van der Waals surface area contributed by atoms with Crippen molar-refractivity contribution in [3.63, 3.8) is 0 Å². The number of rotatable bonds is 7. The van der Waals surface area contributed by atoms with Gasteiger partial charge >= 0.3 is 0 Å². The molecule has 0 unspecified atom stereocenters. The van der Waals surface area contributed by atoms with E-state index in [-0.39, 0.29) is 23.9 Å². The second-order valence-corrected chi connectivity index (χ2v) is 7.37. The second-order valence-electron chi connectivity index (χ2n) is 6.56. The van der Waals surface area contributed by atoms with E-state index in [2.05, 4.69) is 21.5 Å². The first kappa shape index (κ1) is 24.8. The Hall–Kier alpha value is -3.43. The van der Waals surface area contributed by atoms with Crippen molar-refractivity contribution in [1.82, 2.24) is 16.2 Å². The summed E-state index contributed by atoms with van der Waals surface area (Å²) < 4.78 is 5.07. The Morgan fingerprint density at radius 2 is 1.72 bits per heavy atom. The Balaban J connectivity index is 1.68. The Bertz CT molecular complexity index is 1030. The normalized spacial score (nSPS) is 10.3. The fraction of sp³-hybridized carbons (Fsp3) is 0.182. The van der Waals surface area contributed by atoms with Crippen LogP contribution in [-0.2, 0) is 14.4 Å². The number of hydrogen-bond acceptors (Lipinski definition) is 5. The summed E-state index contributed by atoms with van der Waals surface area (Å²) in [5, 5.41) is 5.57. The molecule has 4 N–H and O–H groups in total. The first-order valence-corrected chi connectivity index (χ1v) is 10.3. The van der Waals surface area contributed by atoms with E-state index in [1.807, 2.05) is 0 Å². The van der Waals surface area contributed by atoms with Gasteiger partial charge in [0.15, 0.2) is 5.11 Å². The molecule has 0 saturated carbocycles. The molecule has 0 saturated heterocycles. The van der Waals surface area contributed by atoms with Gasteiger partial charge in [0.25, 0.3) is 0 Å². The summed E-state index contributed by atoms with van der Waals surface area (Å²) in [5.74, 6) is -0.549. The van der Waals surface area contributed by atoms with Gasteiger partial charge in [-0.25, -0.2) is 0 Å². The molecule has 0 radical (unpaired) electrons. The molecule has 2 aromatic rings. The number of nitrogens with one attached hydrogen (secondary N) is 4. The van der Waals surface area contributed by atoms with Crippen LogP contribution in [0.1, 0.15) is 24.0 Å². The van der Waals surface area contributed by atoms with E-state index in [0.717, 1.165) is 11.1 Å². The summed E-state index contributed by atoms with van der Waals surface area (Å²) in [5.41, 5.74) is 6.89. The highest BCUT2D eigenvalue weighted by molar-refractivity contribution is 7.80. The maximum Gasteiger partial charge on any atom is 0.250 e. The van der Waals surface area contributed by atoms with Gasteiger partial charge in [-0.3, -0.25) is 30.6 Å². The maximum absolute atomic E-state index is 12.0. The molecule has 0 bridgehead atoms. The standard InChI is InChI=1S/C22H23ClN4O4S/c1-14-17(23)4-3-5-18(14)24-19(28)12-13-21(30)26-27-22(32)25-20(29)11-8-15-6-9-16(31-2)10-7-15/h3-11H,12-13H2,1-2H3,(H,24,28)(H,26,30)(H2,25,27,29,32). The molecular weight excluding hydrogens is 452 g/mol. The Labute approximate surface area is 196 Å². The number of hydrazine groups is 1. The molecule has 168 valence electrons. The highest BCUT2D eigenvalue weighted by Gasteiger charge is 2.10. The molecule has 0 aromatic heterocycles. The minimum absolute atomic E-state index is 0.0385. The van der Waals surface area contributed by atoms with Crippen molar-refractivity contribution in [2.45, 2.75) is 19.8 Å². The Morgan fingerprint density at radius 1 is 1.03 bits per heavy atom. The van der Waals surface area contributed by atoms with Crippen LogP contribution in [0.2, 0.25) is 5.02 Å². The number of halogens is 1. The lowest BCUT2D eigenvalue weighted by Crippen LogP contribution is -2.48. The van der Waals surface area contributed by atoms with Crippen molar-refractivity contribution in [2.24, 2.45) is 0 Å². The van der Waals surface area contributed by atoms with E-state index < -0.39 is 11.8 Å². The van der Waals surface area contributed by atoms with Gasteiger partial charge in [-0.1, -0.05) is 29.8 Å². The number of thiocarbonyl (C=S) groups is 1. The molecule has 32 heavy (non-hydrogen) atoms. The van der Waals surface area contributed by atoms with Crippen LogP contribution in [0.5, 0.6) is 5.75 Å². The zero-order valence-corrected chi connectivity index (χ0v) is 19.1. The fourth-order valence-electron chi connectivity index (χ4n) is 2.44. The van der Waals surface area contributed by atoms with Crippen LogP contribution >= 0.6 is 23.8 Å². The molecule has 0 fully saturated rings. The molecule has 0 heterocycles. The van der Waals surface area contributed by atoms with E-state index in [0.29, 0.717) is 16.5 Å². The van der Waals surface area contributed by atoms with Gasteiger partial charge in [0.05, 0.1) is 7.11 Å². The van der Waals surface area contributed by atoms with Crippen LogP contribution in [0, 0.1) is 6.92 Å². The molecule has 0 aliphatic heterocycles. The number of amides is 3. The predicted molar refractivity (Wildman–Crippen MR) is 128 cm³/mol. The smallest absolute Gasteiger partial charge is 0.250 e. The van der Waals surface area contributed by atoms with Crippen molar-refractivity contribution in [3.05, 3.63) is 64.7 Å². The van der Waals surface area contributed by atoms with Gasteiger partial charge < -0.3 is 10.1 Å². The fourth-order valence-corrected chi connectivity index (χ4v) is 2.77. The van der Waals surface area contributed by atoms with Crippen molar-refractivity contribution in [1.29, 1.82) is 0 Å². The second kappa shape index (κ2) is 12.4. The lowest BCUT2D eigenvalue weighted by Gasteiger charge is -2.11. The van der Waals surface area contributed by atoms with E-state index in [4.69, 9.17) is 28.6 Å². The van der Waals surface area contributed by atoms with Crippen molar-refractivity contribution in [2.75, 3.05) is 12.4 Å². The van der Waals surface area contributed by atoms with Crippen molar-refractivity contribution >= 4 is 58.4 Å². The van der Waals surface area contributed by atoms with E-state index >= 15 is 0 Å². The minimum atomic E-state index is -0.469. The topological polar surface area (TPSA) is 109 Å². The van der Waals surface area contributed by atoms with Gasteiger partial charge in [0.1, 0.15) is 5.75 Å². The SMILES string of the molecule is COc1ccc(C=CC(=O)NC(=S)NNC(=O)CCC(=O)Nc2cccc(Cl)c2C)cc1. The number of hydrogen-bond donors (Lipinski definition) is 4. The molecule has 0 aliphatic carbocycles. The summed E-state index contributed by atoms with van der Waals surface area (Å²) >= 11 is 11.0. The third kappa shape index (κ3) is 8.37. The summed E-state index contributed by atoms with van der Waals surface area (Å²) in [6, 6.07) is 12.3. The van der Waals surface area contributed by atoms with Crippen LogP contribution in [-0.4, -0.2) is 29.9 Å². The average Bonchev–Trinajstić information content (AvgIpc) is 2.78. The minimum Gasteiger partial charge on any atom is -0.497 e. The van der Waals surface area contributed by atoms with Gasteiger partial charge in [0, 0.05) is 29.6 Å². The molecule has 10 heteroatoms. The number of anilines is 1. The van der Waals surface area contributed by atoms with Crippen molar-refractivity contribution in [3.8, 4) is 5.75 Å². The average molecular weight is 475 g/mol. The Morgan fingerprint density at radius 3 is 2.41 bits per heavy atom. The number of methoxy groups -OCH3 is 1. The van der Waals surface area contributed by atoms with E-state index in [1.165, 1.54) is 6.08 Å². The monoisotopic (exact) mass is 474 g/mol. The quantitative estimate of drug-likeness (QED) is 0.279. The first-order valence-electron chi connectivity index (χ1n) is 9.55. The lowest BCUT2D eigenvalue weighted by atomic mass is 10.2. The maximum atomic E-state index is 12.0. The number of ether oxygens (including phenoxy) is 1. The van der Waals surface area contributed by atoms with E-state index in [1.54, 1.807) is 62.6 Å². The molecule has 2 rings (SSSR count). The van der Waals surface area contributed by atoms with Gasteiger partial charge in [-0.2, -0.15) is 0 Å². The number of carbonyl (C=O) groups is 3. The molecule has 0 spiro atoms. The summed E-state index contributed by atoms with van der Waals surface area (Å²) in [6.45, 7) is 1.79. The van der Waals surface area contributed by atoms with Gasteiger partial charge in [-0.05, 0) is 60.6 Å². The van der Waals surface area contributed by atoms with Crippen LogP contribution in [0.15, 0.2) is 48.5 Å². The highest BCUT2D eigenvalue weighted by atomic mass is 35.5. The molecule has 2 aromatic carbocycles. The predicted octanol–water partition coefficient (Wildman–Crippen LogP) is 3.11. The highest BCUT2D eigenvalue weighted by Crippen LogP contribution is 2.23. The zero-order chi connectivity index (χ0) is 23.5. The van der Waals surface area contributed by atoms with E-state index in [9.17, 15) is 14.4 Å². The molecule has 8 nitrogen and oxygen atoms in total. The molecule has 0 atom stereocenters. The van der Waals surface area contributed by atoms with Gasteiger partial charge in [0.2, 0.25) is 17.7 Å². The molecule has 0 aliphatic rings. The van der Waals surface area contributed by atoms with Crippen LogP contribution in [0.4, 0.5) is 5.69 Å². The first-order chi connectivity index (χ1) is 15.3. The summed E-state index contributed by atoms with van der Waals surface area (Å²) in [4.78, 5) is 35.8. The van der Waals surface area contributed by atoms with Crippen LogP contribution in [0.3, 0.4) is 0 Å². The zero-order valence-electron chi connectivity index (χ0n) is 17.5. The third-order valence-electron chi connectivity index (χ3n) is 4.22. The molecular formula is C22H23ClN4O4S. The van der Waals surface area contributed by atoms with Gasteiger partial charge in [-0.15, -0.1) is 0 Å². The molecule has 3 amide bonds. The summed E-state index contributed by atoms with van der Waals surface area (Å²) in [6.07, 6.45) is 2.80. The summed E-state index contributed by atoms with van der Waals surface area (Å²) in [7, 11) is 1.57. The lowest BCUT2D eigenvalue weighted by molar-refractivity contribution is -0.124.